The van der Waals surface area contributed by atoms with E-state index in [1.807, 2.05) is 39.0 Å². The lowest BCUT2D eigenvalue weighted by Crippen LogP contribution is -2.70. The molecule has 0 aliphatic heterocycles. The average molecular weight is 595 g/mol. The lowest BCUT2D eigenvalue weighted by molar-refractivity contribution is -0.228. The maximum Gasteiger partial charge on any atom is 0.310 e. The molecule has 3 fully saturated rings. The number of ether oxygens (including phenoxy) is 2. The zero-order valence-electron chi connectivity index (χ0n) is 25.6. The minimum Gasteiger partial charge on any atom is -0.457 e. The Bertz CT molecular complexity index is 1350. The summed E-state index contributed by atoms with van der Waals surface area (Å²) in [6.07, 6.45) is 5.59. The third-order valence-corrected chi connectivity index (χ3v) is 11.2. The van der Waals surface area contributed by atoms with Gasteiger partial charge in [0, 0.05) is 29.1 Å². The SMILES string of the molecule is CCCCC(=O)O[C@]1(C(=O)COC(=O)Cc2ccccc2)[C@H](C)C[C@H]2[C@@H]3CCC4=CC(=O)C=C[C@]4(C)[C@@]3(F)[C@@H](O)C[C@@]21C. The van der Waals surface area contributed by atoms with Crippen LogP contribution in [0.3, 0.4) is 0 Å². The minimum absolute atomic E-state index is 0.0114. The summed E-state index contributed by atoms with van der Waals surface area (Å²) in [5.74, 6) is -3.39. The Kier molecular flexibility index (Phi) is 8.31. The van der Waals surface area contributed by atoms with Crippen LogP contribution in [-0.2, 0) is 35.1 Å². The molecule has 0 saturated heterocycles. The molecule has 7 nitrogen and oxygen atoms in total. The normalized spacial score (nSPS) is 37.9. The van der Waals surface area contributed by atoms with Gasteiger partial charge in [0.05, 0.1) is 12.5 Å². The first-order valence-corrected chi connectivity index (χ1v) is 15.6. The molecule has 43 heavy (non-hydrogen) atoms. The highest BCUT2D eigenvalue weighted by Gasteiger charge is 2.77. The lowest BCUT2D eigenvalue weighted by atomic mass is 9.44. The van der Waals surface area contributed by atoms with Gasteiger partial charge in [-0.1, -0.05) is 69.2 Å². The summed E-state index contributed by atoms with van der Waals surface area (Å²) < 4.78 is 29.3. The molecule has 0 amide bonds. The van der Waals surface area contributed by atoms with Crippen LogP contribution in [0.4, 0.5) is 4.39 Å². The third-order valence-electron chi connectivity index (χ3n) is 11.2. The summed E-state index contributed by atoms with van der Waals surface area (Å²) in [7, 11) is 0. The Labute approximate surface area is 252 Å². The third kappa shape index (κ3) is 4.80. The number of alkyl halides is 1. The zero-order valence-corrected chi connectivity index (χ0v) is 25.6. The van der Waals surface area contributed by atoms with Gasteiger partial charge in [0.1, 0.15) is 0 Å². The number of benzene rings is 1. The number of hydrogen-bond acceptors (Lipinski definition) is 7. The molecule has 1 N–H and O–H groups in total. The number of aliphatic hydroxyl groups excluding tert-OH is 1. The van der Waals surface area contributed by atoms with Crippen LogP contribution in [0.15, 0.2) is 54.1 Å². The zero-order chi connectivity index (χ0) is 31.2. The molecule has 8 atom stereocenters. The Morgan fingerprint density at radius 3 is 2.51 bits per heavy atom. The highest BCUT2D eigenvalue weighted by molar-refractivity contribution is 6.01. The van der Waals surface area contributed by atoms with Crippen molar-refractivity contribution >= 4 is 23.5 Å². The van der Waals surface area contributed by atoms with Gasteiger partial charge in [-0.05, 0) is 62.7 Å². The maximum absolute atomic E-state index is 17.6. The Morgan fingerprint density at radius 2 is 1.81 bits per heavy atom. The summed E-state index contributed by atoms with van der Waals surface area (Å²) in [4.78, 5) is 52.4. The fourth-order valence-electron chi connectivity index (χ4n) is 9.02. The van der Waals surface area contributed by atoms with Gasteiger partial charge in [-0.3, -0.25) is 19.2 Å². The molecular weight excluding hydrogens is 551 g/mol. The molecule has 1 aromatic rings. The number of carbonyl (C=O) groups excluding carboxylic acids is 4. The van der Waals surface area contributed by atoms with Crippen LogP contribution in [0, 0.1) is 28.6 Å². The van der Waals surface area contributed by atoms with Crippen LogP contribution in [0.25, 0.3) is 0 Å². The molecule has 232 valence electrons. The first kappa shape index (κ1) is 31.3. The van der Waals surface area contributed by atoms with E-state index in [1.165, 1.54) is 12.2 Å². The van der Waals surface area contributed by atoms with E-state index in [0.717, 1.165) is 12.0 Å². The number of allylic oxidation sites excluding steroid dienone is 4. The van der Waals surface area contributed by atoms with E-state index in [2.05, 4.69) is 0 Å². The summed E-state index contributed by atoms with van der Waals surface area (Å²) in [5.41, 5.74) is -4.64. The first-order chi connectivity index (χ1) is 20.3. The summed E-state index contributed by atoms with van der Waals surface area (Å²) >= 11 is 0. The molecule has 4 aliphatic carbocycles. The molecule has 0 unspecified atom stereocenters. The van der Waals surface area contributed by atoms with Crippen molar-refractivity contribution in [1.82, 2.24) is 0 Å². The van der Waals surface area contributed by atoms with Crippen molar-refractivity contribution in [3.05, 3.63) is 59.7 Å². The number of carbonyl (C=O) groups is 4. The fourth-order valence-corrected chi connectivity index (χ4v) is 9.02. The number of fused-ring (bicyclic) bond motifs is 5. The van der Waals surface area contributed by atoms with Crippen molar-refractivity contribution in [2.45, 2.75) is 96.4 Å². The van der Waals surface area contributed by atoms with Gasteiger partial charge in [0.15, 0.2) is 23.7 Å². The van der Waals surface area contributed by atoms with Crippen molar-refractivity contribution in [2.75, 3.05) is 6.61 Å². The van der Waals surface area contributed by atoms with Crippen LogP contribution < -0.4 is 0 Å². The van der Waals surface area contributed by atoms with E-state index >= 15 is 4.39 Å². The molecule has 0 bridgehead atoms. The molecular formula is C35H43FO7. The quantitative estimate of drug-likeness (QED) is 0.380. The van der Waals surface area contributed by atoms with Crippen LogP contribution in [0.1, 0.15) is 78.2 Å². The van der Waals surface area contributed by atoms with Gasteiger partial charge in [-0.15, -0.1) is 0 Å². The van der Waals surface area contributed by atoms with E-state index in [4.69, 9.17) is 9.47 Å². The van der Waals surface area contributed by atoms with Crippen molar-refractivity contribution < 1.29 is 38.1 Å². The molecule has 0 heterocycles. The van der Waals surface area contributed by atoms with Crippen LogP contribution in [-0.4, -0.2) is 52.6 Å². The van der Waals surface area contributed by atoms with Crippen molar-refractivity contribution in [3.63, 3.8) is 0 Å². The Hall–Kier alpha value is -3.13. The van der Waals surface area contributed by atoms with E-state index in [9.17, 15) is 24.3 Å². The molecule has 0 aromatic heterocycles. The highest BCUT2D eigenvalue weighted by atomic mass is 19.1. The van der Waals surface area contributed by atoms with E-state index in [-0.39, 0.29) is 25.0 Å². The topological polar surface area (TPSA) is 107 Å². The highest BCUT2D eigenvalue weighted by Crippen LogP contribution is 2.71. The molecule has 0 radical (unpaired) electrons. The van der Waals surface area contributed by atoms with Crippen molar-refractivity contribution in [2.24, 2.45) is 28.6 Å². The number of hydrogen-bond donors (Lipinski definition) is 1. The molecule has 3 saturated carbocycles. The first-order valence-electron chi connectivity index (χ1n) is 15.6. The van der Waals surface area contributed by atoms with Gasteiger partial charge in [0.2, 0.25) is 5.78 Å². The molecule has 8 heteroatoms. The second-order valence-corrected chi connectivity index (χ2v) is 13.5. The van der Waals surface area contributed by atoms with Crippen LogP contribution in [0.2, 0.25) is 0 Å². The maximum atomic E-state index is 17.6. The predicted molar refractivity (Wildman–Crippen MR) is 157 cm³/mol. The predicted octanol–water partition coefficient (Wildman–Crippen LogP) is 5.43. The standard InChI is InChI=1S/C35H43FO7/c1-5-6-12-30(40)43-35(29(39)21-42-31(41)18-23-10-8-7-9-11-23)22(2)17-27-26-14-13-24-19-25(37)15-16-32(24,3)34(26,36)28(38)20-33(27,35)4/h7-11,15-16,19,22,26-28,38H,5-6,12-14,17-18,20-21H2,1-4H3/t22-,26+,27+,28+,32+,33+,34+,35+/m1/s1. The number of Topliss-reactive ketones (excluding diaryl/α,β-unsaturated/α-hetero) is 1. The Morgan fingerprint density at radius 1 is 1.09 bits per heavy atom. The minimum atomic E-state index is -2.08. The smallest absolute Gasteiger partial charge is 0.310 e. The van der Waals surface area contributed by atoms with Crippen LogP contribution >= 0.6 is 0 Å². The van der Waals surface area contributed by atoms with Crippen molar-refractivity contribution in [3.8, 4) is 0 Å². The molecule has 1 aromatic carbocycles. The van der Waals surface area contributed by atoms with Gasteiger partial charge in [-0.25, -0.2) is 4.39 Å². The number of ketones is 2. The largest absolute Gasteiger partial charge is 0.457 e. The van der Waals surface area contributed by atoms with Crippen LogP contribution in [0.5, 0.6) is 0 Å². The van der Waals surface area contributed by atoms with E-state index in [0.29, 0.717) is 31.3 Å². The van der Waals surface area contributed by atoms with Gasteiger partial charge < -0.3 is 14.6 Å². The van der Waals surface area contributed by atoms with E-state index < -0.39 is 70.3 Å². The van der Waals surface area contributed by atoms with Gasteiger partial charge in [0.25, 0.3) is 0 Å². The van der Waals surface area contributed by atoms with Gasteiger partial charge >= 0.3 is 11.9 Å². The number of rotatable bonds is 9. The summed E-state index contributed by atoms with van der Waals surface area (Å²) in [6, 6.07) is 9.04. The van der Waals surface area contributed by atoms with Crippen molar-refractivity contribution in [1.29, 1.82) is 0 Å². The number of halogens is 1. The average Bonchev–Trinajstić information content (AvgIpc) is 3.18. The Balaban J connectivity index is 1.49. The number of aliphatic hydroxyl groups is 1. The molecule has 4 aliphatic rings. The summed E-state index contributed by atoms with van der Waals surface area (Å²) in [5, 5.41) is 11.7. The van der Waals surface area contributed by atoms with E-state index in [1.54, 1.807) is 25.1 Å². The molecule has 0 spiro atoms. The fraction of sp³-hybridized carbons (Fsp3) is 0.600. The number of esters is 2. The summed E-state index contributed by atoms with van der Waals surface area (Å²) in [6.45, 7) is 6.77. The second kappa shape index (κ2) is 11.4. The monoisotopic (exact) mass is 594 g/mol. The second-order valence-electron chi connectivity index (χ2n) is 13.5. The number of unbranched alkanes of at least 4 members (excludes halogenated alkanes) is 1. The van der Waals surface area contributed by atoms with Gasteiger partial charge in [-0.2, -0.15) is 0 Å². The molecule has 5 rings (SSSR count). The lowest BCUT2D eigenvalue weighted by Gasteiger charge is -2.62.